The van der Waals surface area contributed by atoms with Crippen LogP contribution in [0.15, 0.2) is 30.3 Å². The number of nitrogens with two attached hydrogens (primary N) is 2. The van der Waals surface area contributed by atoms with Gasteiger partial charge >= 0.3 is 6.09 Å². The third-order valence-electron chi connectivity index (χ3n) is 3.47. The van der Waals surface area contributed by atoms with Crippen LogP contribution in [0.25, 0.3) is 0 Å². The summed E-state index contributed by atoms with van der Waals surface area (Å²) in [6.07, 6.45) is -1.39. The number of ether oxygens (including phenoxy) is 2. The topological polar surface area (TPSA) is 163 Å². The summed E-state index contributed by atoms with van der Waals surface area (Å²) in [6.45, 7) is 4.95. The average molecular weight is 408 g/mol. The molecule has 0 aliphatic carbocycles. The molecule has 2 atom stereocenters. The van der Waals surface area contributed by atoms with Gasteiger partial charge in [-0.2, -0.15) is 0 Å². The van der Waals surface area contributed by atoms with Gasteiger partial charge in [0.15, 0.2) is 0 Å². The van der Waals surface area contributed by atoms with E-state index in [0.717, 1.165) is 5.56 Å². The van der Waals surface area contributed by atoms with Crippen LogP contribution in [0.1, 0.15) is 32.8 Å². The zero-order chi connectivity index (χ0) is 22.0. The minimum atomic E-state index is -1.33. The molecule has 1 rings (SSSR count). The number of rotatable bonds is 10. The van der Waals surface area contributed by atoms with Crippen molar-refractivity contribution in [2.24, 2.45) is 11.5 Å². The number of carbonyl (C=O) groups is 4. The summed E-state index contributed by atoms with van der Waals surface area (Å²) in [6, 6.07) is 6.70. The zero-order valence-corrected chi connectivity index (χ0v) is 16.8. The van der Waals surface area contributed by atoms with Gasteiger partial charge in [-0.05, 0) is 26.3 Å². The monoisotopic (exact) mass is 408 g/mol. The molecule has 10 heteroatoms. The highest BCUT2D eigenvalue weighted by Crippen LogP contribution is 2.07. The Morgan fingerprint density at radius 1 is 1.00 bits per heavy atom. The number of primary amides is 2. The molecule has 0 saturated heterocycles. The minimum absolute atomic E-state index is 0.189. The number of alkyl carbamates (subject to hydrolysis) is 1. The number of hydrogen-bond donors (Lipinski definition) is 4. The highest BCUT2D eigenvalue weighted by molar-refractivity contribution is 5.93. The Labute approximate surface area is 169 Å². The lowest BCUT2D eigenvalue weighted by Gasteiger charge is -2.24. The van der Waals surface area contributed by atoms with E-state index >= 15 is 0 Å². The van der Waals surface area contributed by atoms with Crippen LogP contribution >= 0.6 is 0 Å². The maximum Gasteiger partial charge on any atom is 0.408 e. The van der Waals surface area contributed by atoms with Gasteiger partial charge in [-0.15, -0.1) is 0 Å². The Bertz CT molecular complexity index is 717. The molecular formula is C19H28N4O6. The first kappa shape index (κ1) is 23.9. The van der Waals surface area contributed by atoms with Crippen LogP contribution in [0.5, 0.6) is 0 Å². The van der Waals surface area contributed by atoms with Gasteiger partial charge in [0, 0.05) is 0 Å². The molecule has 1 aromatic rings. The van der Waals surface area contributed by atoms with Gasteiger partial charge < -0.3 is 31.6 Å². The lowest BCUT2D eigenvalue weighted by atomic mass is 10.1. The van der Waals surface area contributed by atoms with Crippen molar-refractivity contribution >= 4 is 23.8 Å². The molecule has 2 unspecified atom stereocenters. The fourth-order valence-electron chi connectivity index (χ4n) is 2.20. The molecule has 0 fully saturated rings. The summed E-state index contributed by atoms with van der Waals surface area (Å²) in [5.41, 5.74) is 10.5. The van der Waals surface area contributed by atoms with E-state index < -0.39 is 47.9 Å². The number of hydrogen-bond acceptors (Lipinski definition) is 6. The van der Waals surface area contributed by atoms with Crippen LogP contribution in [0, 0.1) is 0 Å². The molecule has 0 aromatic heterocycles. The fourth-order valence-corrected chi connectivity index (χ4v) is 2.20. The van der Waals surface area contributed by atoms with Gasteiger partial charge in [-0.25, -0.2) is 4.79 Å². The molecule has 0 heterocycles. The first-order chi connectivity index (χ1) is 13.5. The summed E-state index contributed by atoms with van der Waals surface area (Å²) in [4.78, 5) is 47.3. The molecule has 0 bridgehead atoms. The first-order valence-electron chi connectivity index (χ1n) is 8.97. The maximum absolute atomic E-state index is 12.5. The van der Waals surface area contributed by atoms with Crippen LogP contribution < -0.4 is 22.1 Å². The van der Waals surface area contributed by atoms with Crippen molar-refractivity contribution in [1.82, 2.24) is 10.6 Å². The molecular weight excluding hydrogens is 380 g/mol. The summed E-state index contributed by atoms with van der Waals surface area (Å²) in [7, 11) is 0. The van der Waals surface area contributed by atoms with Crippen LogP contribution in [0.4, 0.5) is 4.79 Å². The molecule has 160 valence electrons. The second kappa shape index (κ2) is 11.0. The van der Waals surface area contributed by atoms with Crippen LogP contribution in [0.2, 0.25) is 0 Å². The van der Waals surface area contributed by atoms with Crippen molar-refractivity contribution in [3.63, 3.8) is 0 Å². The molecule has 10 nitrogen and oxygen atoms in total. The number of amides is 4. The average Bonchev–Trinajstić information content (AvgIpc) is 2.59. The molecule has 0 spiro atoms. The van der Waals surface area contributed by atoms with Gasteiger partial charge in [0.2, 0.25) is 17.7 Å². The van der Waals surface area contributed by atoms with E-state index in [9.17, 15) is 19.2 Å². The standard InChI is InChI=1S/C19H28N4O6/c1-19(2,3)29-18(27)23-13(9-15(20)24)17(26)22-14(16(21)25)11-28-10-12-7-5-4-6-8-12/h4-8,13-14H,9-11H2,1-3H3,(H2,20,24)(H2,21,25)(H,22,26)(H,23,27). The van der Waals surface area contributed by atoms with E-state index in [4.69, 9.17) is 20.9 Å². The van der Waals surface area contributed by atoms with Gasteiger partial charge in [0.1, 0.15) is 17.7 Å². The van der Waals surface area contributed by atoms with Gasteiger partial charge in [-0.1, -0.05) is 30.3 Å². The van der Waals surface area contributed by atoms with Crippen molar-refractivity contribution in [3.8, 4) is 0 Å². The Morgan fingerprint density at radius 2 is 1.62 bits per heavy atom. The Kier molecular flexibility index (Phi) is 9.07. The first-order valence-corrected chi connectivity index (χ1v) is 8.97. The second-order valence-electron chi connectivity index (χ2n) is 7.33. The van der Waals surface area contributed by atoms with Crippen molar-refractivity contribution in [3.05, 3.63) is 35.9 Å². The molecule has 0 saturated carbocycles. The Hall–Kier alpha value is -3.14. The molecule has 0 aliphatic heterocycles. The molecule has 6 N–H and O–H groups in total. The second-order valence-corrected chi connectivity index (χ2v) is 7.33. The molecule has 0 aliphatic rings. The van der Waals surface area contributed by atoms with Gasteiger partial charge in [0.05, 0.1) is 19.6 Å². The van der Waals surface area contributed by atoms with E-state index in [-0.39, 0.29) is 13.2 Å². The highest BCUT2D eigenvalue weighted by atomic mass is 16.6. The number of carbonyl (C=O) groups excluding carboxylic acids is 4. The van der Waals surface area contributed by atoms with E-state index in [1.807, 2.05) is 30.3 Å². The lowest BCUT2D eigenvalue weighted by Crippen LogP contribution is -2.55. The number of benzene rings is 1. The molecule has 0 radical (unpaired) electrons. The van der Waals surface area contributed by atoms with Crippen molar-refractivity contribution in [2.45, 2.75) is 51.5 Å². The summed E-state index contributed by atoms with van der Waals surface area (Å²) in [5, 5.41) is 4.62. The highest BCUT2D eigenvalue weighted by Gasteiger charge is 2.29. The molecule has 29 heavy (non-hydrogen) atoms. The predicted molar refractivity (Wildman–Crippen MR) is 104 cm³/mol. The normalized spacial score (nSPS) is 13.1. The quantitative estimate of drug-likeness (QED) is 0.424. The Morgan fingerprint density at radius 3 is 2.14 bits per heavy atom. The van der Waals surface area contributed by atoms with Crippen LogP contribution in [-0.4, -0.2) is 48.1 Å². The largest absolute Gasteiger partial charge is 0.444 e. The maximum atomic E-state index is 12.5. The van der Waals surface area contributed by atoms with E-state index in [0.29, 0.717) is 0 Å². The zero-order valence-electron chi connectivity index (χ0n) is 16.8. The minimum Gasteiger partial charge on any atom is -0.444 e. The van der Waals surface area contributed by atoms with Gasteiger partial charge in [-0.3, -0.25) is 14.4 Å². The van der Waals surface area contributed by atoms with Crippen LogP contribution in [-0.2, 0) is 30.5 Å². The van der Waals surface area contributed by atoms with Crippen molar-refractivity contribution < 1.29 is 28.7 Å². The summed E-state index contributed by atoms with van der Waals surface area (Å²) >= 11 is 0. The summed E-state index contributed by atoms with van der Waals surface area (Å²) in [5.74, 6) is -2.47. The SMILES string of the molecule is CC(C)(C)OC(=O)NC(CC(N)=O)C(=O)NC(COCc1ccccc1)C(N)=O. The fraction of sp³-hybridized carbons (Fsp3) is 0.474. The van der Waals surface area contributed by atoms with E-state index in [1.165, 1.54) is 0 Å². The van der Waals surface area contributed by atoms with Crippen molar-refractivity contribution in [1.29, 1.82) is 0 Å². The summed E-state index contributed by atoms with van der Waals surface area (Å²) < 4.78 is 10.5. The molecule has 4 amide bonds. The smallest absolute Gasteiger partial charge is 0.408 e. The molecule has 1 aromatic carbocycles. The Balaban J connectivity index is 2.70. The third-order valence-corrected chi connectivity index (χ3v) is 3.47. The van der Waals surface area contributed by atoms with Crippen molar-refractivity contribution in [2.75, 3.05) is 6.61 Å². The van der Waals surface area contributed by atoms with E-state index in [2.05, 4.69) is 10.6 Å². The van der Waals surface area contributed by atoms with Gasteiger partial charge in [0.25, 0.3) is 0 Å². The van der Waals surface area contributed by atoms with E-state index in [1.54, 1.807) is 20.8 Å². The van der Waals surface area contributed by atoms with Crippen LogP contribution in [0.3, 0.4) is 0 Å². The predicted octanol–water partition coefficient (Wildman–Crippen LogP) is -0.0580. The number of nitrogens with one attached hydrogen (secondary N) is 2. The third kappa shape index (κ3) is 10.1. The lowest BCUT2D eigenvalue weighted by molar-refractivity contribution is -0.131.